The third-order valence-corrected chi connectivity index (χ3v) is 11.7. The molecule has 60 heavy (non-hydrogen) atoms. The maximum absolute atomic E-state index is 13.0. The Hall–Kier alpha value is -1.67. The third kappa shape index (κ3) is 28.1. The number of rotatable bonds is 40. The Balaban J connectivity index is 2.36. The second-order valence-electron chi connectivity index (χ2n) is 17.2. The molecule has 0 saturated carbocycles. The van der Waals surface area contributed by atoms with Crippen molar-refractivity contribution in [1.82, 2.24) is 5.32 Å². The number of aliphatic hydroxyl groups excluding tert-OH is 7. The van der Waals surface area contributed by atoms with Crippen LogP contribution in [0.2, 0.25) is 0 Å². The van der Waals surface area contributed by atoms with E-state index in [4.69, 9.17) is 9.47 Å². The summed E-state index contributed by atoms with van der Waals surface area (Å²) in [5.41, 5.74) is 0. The highest BCUT2D eigenvalue weighted by atomic mass is 16.7. The van der Waals surface area contributed by atoms with Gasteiger partial charge in [0.2, 0.25) is 5.91 Å². The topological polar surface area (TPSA) is 189 Å². The number of hydrogen-bond acceptors (Lipinski definition) is 10. The minimum atomic E-state index is -1.67. The molecule has 1 amide bonds. The lowest BCUT2D eigenvalue weighted by Crippen LogP contribution is -2.60. The van der Waals surface area contributed by atoms with Crippen LogP contribution in [-0.2, 0) is 14.3 Å². The van der Waals surface area contributed by atoms with Gasteiger partial charge >= 0.3 is 0 Å². The molecule has 8 N–H and O–H groups in total. The summed E-state index contributed by atoms with van der Waals surface area (Å²) in [6.07, 6.45) is 33.9. The van der Waals surface area contributed by atoms with Gasteiger partial charge in [0.15, 0.2) is 6.29 Å². The number of ether oxygens (including phenoxy) is 2. The van der Waals surface area contributed by atoms with E-state index in [0.29, 0.717) is 19.3 Å². The summed E-state index contributed by atoms with van der Waals surface area (Å²) in [5, 5.41) is 75.3. The van der Waals surface area contributed by atoms with E-state index in [2.05, 4.69) is 43.5 Å². The monoisotopic (exact) mass is 854 g/mol. The van der Waals surface area contributed by atoms with Crippen molar-refractivity contribution in [1.29, 1.82) is 0 Å². The second-order valence-corrected chi connectivity index (χ2v) is 17.2. The van der Waals surface area contributed by atoms with Gasteiger partial charge in [-0.15, -0.1) is 0 Å². The summed E-state index contributed by atoms with van der Waals surface area (Å²) >= 11 is 0. The van der Waals surface area contributed by atoms with Crippen LogP contribution in [0.4, 0.5) is 0 Å². The Labute approximate surface area is 365 Å². The molecule has 1 saturated heterocycles. The molecule has 0 radical (unpaired) electrons. The number of aliphatic hydroxyl groups is 7. The summed E-state index contributed by atoms with van der Waals surface area (Å²) < 4.78 is 11.0. The third-order valence-electron chi connectivity index (χ3n) is 11.7. The van der Waals surface area contributed by atoms with Crippen molar-refractivity contribution >= 4 is 5.91 Å². The average molecular weight is 854 g/mol. The van der Waals surface area contributed by atoms with E-state index in [1.165, 1.54) is 122 Å². The molecule has 1 rings (SSSR count). The van der Waals surface area contributed by atoms with E-state index in [-0.39, 0.29) is 12.8 Å². The largest absolute Gasteiger partial charge is 0.394 e. The van der Waals surface area contributed by atoms with Crippen LogP contribution in [0.25, 0.3) is 0 Å². The van der Waals surface area contributed by atoms with Gasteiger partial charge in [-0.1, -0.05) is 166 Å². The van der Waals surface area contributed by atoms with E-state index in [1.807, 2.05) is 12.2 Å². The molecular formula is C49H91NO10. The molecule has 9 atom stereocenters. The van der Waals surface area contributed by atoms with Gasteiger partial charge in [0.05, 0.1) is 25.4 Å². The maximum Gasteiger partial charge on any atom is 0.249 e. The second kappa shape index (κ2) is 39.0. The number of allylic oxidation sites excluding steroid dienone is 6. The molecule has 1 aliphatic heterocycles. The van der Waals surface area contributed by atoms with E-state index >= 15 is 0 Å². The zero-order valence-electron chi connectivity index (χ0n) is 37.9. The number of hydrogen-bond donors (Lipinski definition) is 8. The van der Waals surface area contributed by atoms with Crippen LogP contribution in [0.3, 0.4) is 0 Å². The van der Waals surface area contributed by atoms with Crippen molar-refractivity contribution in [3.63, 3.8) is 0 Å². The Morgan fingerprint density at radius 3 is 1.50 bits per heavy atom. The summed E-state index contributed by atoms with van der Waals surface area (Å²) in [5.74, 6) is -0.748. The quantitative estimate of drug-likeness (QED) is 0.0220. The molecule has 9 unspecified atom stereocenters. The predicted molar refractivity (Wildman–Crippen MR) is 242 cm³/mol. The number of carbonyl (C=O) groups excluding carboxylic acids is 1. The van der Waals surface area contributed by atoms with Gasteiger partial charge in [-0.05, 0) is 70.6 Å². The molecule has 1 heterocycles. The van der Waals surface area contributed by atoms with Crippen LogP contribution in [-0.4, -0.2) is 110 Å². The normalized spacial score (nSPS) is 21.9. The smallest absolute Gasteiger partial charge is 0.249 e. The van der Waals surface area contributed by atoms with E-state index in [1.54, 1.807) is 0 Å². The highest BCUT2D eigenvalue weighted by Crippen LogP contribution is 2.23. The number of carbonyl (C=O) groups is 1. The molecule has 0 aromatic carbocycles. The van der Waals surface area contributed by atoms with E-state index < -0.39 is 74.2 Å². The van der Waals surface area contributed by atoms with Crippen molar-refractivity contribution in [3.8, 4) is 0 Å². The molecule has 1 fully saturated rings. The zero-order valence-corrected chi connectivity index (χ0v) is 37.9. The molecule has 11 heteroatoms. The predicted octanol–water partition coefficient (Wildman–Crippen LogP) is 8.39. The van der Waals surface area contributed by atoms with Crippen LogP contribution in [0.5, 0.6) is 0 Å². The first kappa shape index (κ1) is 56.3. The van der Waals surface area contributed by atoms with Crippen molar-refractivity contribution in [2.75, 3.05) is 13.2 Å². The van der Waals surface area contributed by atoms with Crippen LogP contribution in [0.15, 0.2) is 36.5 Å². The van der Waals surface area contributed by atoms with E-state index in [0.717, 1.165) is 32.1 Å². The van der Waals surface area contributed by atoms with Gasteiger partial charge in [-0.3, -0.25) is 4.79 Å². The van der Waals surface area contributed by atoms with Gasteiger partial charge in [0.1, 0.15) is 36.6 Å². The van der Waals surface area contributed by atoms with Crippen LogP contribution in [0, 0.1) is 0 Å². The van der Waals surface area contributed by atoms with Gasteiger partial charge < -0.3 is 50.5 Å². The number of amides is 1. The molecule has 352 valence electrons. The van der Waals surface area contributed by atoms with Crippen LogP contribution >= 0.6 is 0 Å². The zero-order chi connectivity index (χ0) is 44.1. The fourth-order valence-corrected chi connectivity index (χ4v) is 7.58. The molecule has 0 spiro atoms. The van der Waals surface area contributed by atoms with Crippen molar-refractivity contribution in [2.45, 2.75) is 255 Å². The fourth-order valence-electron chi connectivity index (χ4n) is 7.58. The first-order valence-electron chi connectivity index (χ1n) is 24.4. The van der Waals surface area contributed by atoms with Crippen LogP contribution < -0.4 is 5.32 Å². The molecule has 0 aliphatic carbocycles. The summed E-state index contributed by atoms with van der Waals surface area (Å²) in [6, 6.07) is -1.20. The van der Waals surface area contributed by atoms with Crippen molar-refractivity contribution in [2.24, 2.45) is 0 Å². The molecule has 1 aliphatic rings. The lowest BCUT2D eigenvalue weighted by Gasteiger charge is -2.40. The first-order chi connectivity index (χ1) is 29.2. The molecule has 0 aromatic rings. The Morgan fingerprint density at radius 1 is 0.567 bits per heavy atom. The fraction of sp³-hybridized carbons (Fsp3) is 0.857. The van der Waals surface area contributed by atoms with Gasteiger partial charge in [-0.2, -0.15) is 0 Å². The number of nitrogens with one attached hydrogen (secondary N) is 1. The highest BCUT2D eigenvalue weighted by Gasteiger charge is 2.44. The maximum atomic E-state index is 13.0. The van der Waals surface area contributed by atoms with Gasteiger partial charge in [-0.25, -0.2) is 0 Å². The van der Waals surface area contributed by atoms with E-state index in [9.17, 15) is 40.5 Å². The molecule has 11 nitrogen and oxygen atoms in total. The minimum absolute atomic E-state index is 0.165. The highest BCUT2D eigenvalue weighted by molar-refractivity contribution is 5.80. The van der Waals surface area contributed by atoms with Crippen LogP contribution in [0.1, 0.15) is 200 Å². The molecular weight excluding hydrogens is 763 g/mol. The summed E-state index contributed by atoms with van der Waals surface area (Å²) in [6.45, 7) is 3.34. The standard InChI is InChI=1S/C49H91NO10/c1-3-5-7-9-11-13-14-15-16-17-18-19-20-21-22-23-24-25-26-27-28-29-31-32-34-36-41(52)44(54)40(39-59-49-47(57)46(56)45(55)43(38-51)60-49)50-48(58)42(53)37-35-33-30-12-10-8-6-4-2/h25-26,29-31,33,40-47,49,51-57H,3-24,27-28,32,34-39H2,1-2H3,(H,50,58)/b26-25+,31-29+,33-30-. The summed E-state index contributed by atoms with van der Waals surface area (Å²) in [7, 11) is 0. The Morgan fingerprint density at radius 2 is 1.00 bits per heavy atom. The molecule has 0 bridgehead atoms. The van der Waals surface area contributed by atoms with Gasteiger partial charge in [0, 0.05) is 0 Å². The Kier molecular flexibility index (Phi) is 36.6. The summed E-state index contributed by atoms with van der Waals surface area (Å²) in [4.78, 5) is 13.0. The Bertz CT molecular complexity index is 1070. The SMILES string of the molecule is CCCCCC/C=C\CCC(O)C(=O)NC(COC1OC(CO)C(O)C(O)C1O)C(O)C(O)CCC/C=C/CC/C=C/CCCCCCCCCCCCCCCCCC. The average Bonchev–Trinajstić information content (AvgIpc) is 3.25. The molecule has 0 aromatic heterocycles. The first-order valence-corrected chi connectivity index (χ1v) is 24.4. The number of unbranched alkanes of at least 4 members (excludes halogenated alkanes) is 22. The van der Waals surface area contributed by atoms with Gasteiger partial charge in [0.25, 0.3) is 0 Å². The lowest BCUT2D eigenvalue weighted by molar-refractivity contribution is -0.303. The lowest BCUT2D eigenvalue weighted by atomic mass is 9.99. The van der Waals surface area contributed by atoms with Crippen molar-refractivity contribution in [3.05, 3.63) is 36.5 Å². The van der Waals surface area contributed by atoms with Crippen molar-refractivity contribution < 1.29 is 50.0 Å². The minimum Gasteiger partial charge on any atom is -0.394 e.